The number of pyridine rings is 1. The molecule has 22 heavy (non-hydrogen) atoms. The summed E-state index contributed by atoms with van der Waals surface area (Å²) in [4.78, 5) is 25.7. The molecule has 0 amide bonds. The molecule has 6 nitrogen and oxygen atoms in total. The second-order valence-electron chi connectivity index (χ2n) is 4.60. The Morgan fingerprint density at radius 3 is 2.59 bits per heavy atom. The van der Waals surface area contributed by atoms with E-state index >= 15 is 0 Å². The van der Waals surface area contributed by atoms with Gasteiger partial charge in [-0.1, -0.05) is 0 Å². The maximum Gasteiger partial charge on any atom is 0.355 e. The number of aromatic amines is 1. The molecule has 0 radical (unpaired) electrons. The van der Waals surface area contributed by atoms with Gasteiger partial charge >= 0.3 is 12.2 Å². The number of aryl methyl sites for hydroxylation is 1. The predicted octanol–water partition coefficient (Wildman–Crippen LogP) is 1.72. The minimum absolute atomic E-state index is 0.150. The Bertz CT molecular complexity index is 987. The van der Waals surface area contributed by atoms with E-state index in [1.54, 1.807) is 0 Å². The first-order valence-corrected chi connectivity index (χ1v) is 6.18. The molecular weight excluding hydrogens is 301 g/mol. The van der Waals surface area contributed by atoms with E-state index in [9.17, 15) is 22.8 Å². The highest BCUT2D eigenvalue weighted by Gasteiger charge is 2.20. The van der Waals surface area contributed by atoms with E-state index < -0.39 is 23.6 Å². The quantitative estimate of drug-likeness (QED) is 0.783. The number of rotatable bonds is 2. The molecule has 0 unspecified atom stereocenters. The van der Waals surface area contributed by atoms with Crippen LogP contribution in [0.2, 0.25) is 0 Å². The lowest BCUT2D eigenvalue weighted by Crippen LogP contribution is -2.25. The molecule has 9 heteroatoms. The zero-order valence-electron chi connectivity index (χ0n) is 11.2. The lowest BCUT2D eigenvalue weighted by molar-refractivity contribution is 0.0640. The molecule has 114 valence electrons. The standard InChI is InChI=1S/C13H9F3N4O2/c1-6-18-20(13(22)19(6)12(15)16)10-5-9-7(4-8(10)14)2-3-11(21)17-9/h2-5,12H,1H3,(H,17,21). The van der Waals surface area contributed by atoms with Crippen molar-refractivity contribution in [2.24, 2.45) is 0 Å². The summed E-state index contributed by atoms with van der Waals surface area (Å²) in [5.41, 5.74) is -1.63. The fourth-order valence-corrected chi connectivity index (χ4v) is 2.18. The van der Waals surface area contributed by atoms with Gasteiger partial charge in [-0.2, -0.15) is 13.5 Å². The van der Waals surface area contributed by atoms with E-state index in [0.717, 1.165) is 6.07 Å². The van der Waals surface area contributed by atoms with Crippen LogP contribution in [0.3, 0.4) is 0 Å². The second-order valence-corrected chi connectivity index (χ2v) is 4.60. The minimum Gasteiger partial charge on any atom is -0.322 e. The molecule has 0 spiro atoms. The number of hydrogen-bond acceptors (Lipinski definition) is 3. The van der Waals surface area contributed by atoms with Gasteiger partial charge < -0.3 is 4.98 Å². The largest absolute Gasteiger partial charge is 0.355 e. The smallest absolute Gasteiger partial charge is 0.322 e. The van der Waals surface area contributed by atoms with Crippen LogP contribution in [0, 0.1) is 12.7 Å². The minimum atomic E-state index is -3.08. The number of hydrogen-bond donors (Lipinski definition) is 1. The maximum atomic E-state index is 14.1. The first-order chi connectivity index (χ1) is 10.4. The van der Waals surface area contributed by atoms with Crippen LogP contribution in [0.15, 0.2) is 33.9 Å². The fourth-order valence-electron chi connectivity index (χ4n) is 2.18. The first kappa shape index (κ1) is 14.1. The van der Waals surface area contributed by atoms with E-state index in [2.05, 4.69) is 10.1 Å². The molecule has 0 aliphatic heterocycles. The van der Waals surface area contributed by atoms with Crippen LogP contribution in [-0.2, 0) is 0 Å². The lowest BCUT2D eigenvalue weighted by Gasteiger charge is -2.04. The van der Waals surface area contributed by atoms with E-state index in [1.165, 1.54) is 25.1 Å². The SMILES string of the molecule is Cc1nn(-c2cc3[nH]c(=O)ccc3cc2F)c(=O)n1C(F)F. The molecule has 2 heterocycles. The molecule has 0 saturated carbocycles. The van der Waals surface area contributed by atoms with E-state index in [4.69, 9.17) is 0 Å². The molecule has 0 aliphatic carbocycles. The average molecular weight is 310 g/mol. The van der Waals surface area contributed by atoms with Crippen molar-refractivity contribution in [2.75, 3.05) is 0 Å². The van der Waals surface area contributed by atoms with Crippen LogP contribution < -0.4 is 11.2 Å². The van der Waals surface area contributed by atoms with Crippen LogP contribution in [0.25, 0.3) is 16.6 Å². The second kappa shape index (κ2) is 4.86. The number of halogens is 3. The molecule has 0 saturated heterocycles. The zero-order chi connectivity index (χ0) is 16.0. The zero-order valence-corrected chi connectivity index (χ0v) is 11.2. The van der Waals surface area contributed by atoms with Gasteiger partial charge in [0.1, 0.15) is 17.3 Å². The van der Waals surface area contributed by atoms with Crippen molar-refractivity contribution in [2.45, 2.75) is 13.5 Å². The van der Waals surface area contributed by atoms with E-state index in [1.807, 2.05) is 0 Å². The van der Waals surface area contributed by atoms with Crippen molar-refractivity contribution < 1.29 is 13.2 Å². The monoisotopic (exact) mass is 310 g/mol. The molecule has 0 fully saturated rings. The summed E-state index contributed by atoms with van der Waals surface area (Å²) >= 11 is 0. The van der Waals surface area contributed by atoms with Crippen molar-refractivity contribution in [3.63, 3.8) is 0 Å². The number of nitrogens with zero attached hydrogens (tertiary/aromatic N) is 3. The van der Waals surface area contributed by atoms with Crippen LogP contribution in [0.4, 0.5) is 13.2 Å². The molecule has 3 aromatic rings. The van der Waals surface area contributed by atoms with Gasteiger partial charge in [0.05, 0.1) is 5.52 Å². The number of alkyl halides is 2. The van der Waals surface area contributed by atoms with Crippen molar-refractivity contribution >= 4 is 10.9 Å². The maximum absolute atomic E-state index is 14.1. The number of benzene rings is 1. The molecule has 1 N–H and O–H groups in total. The van der Waals surface area contributed by atoms with Gasteiger partial charge in [0.2, 0.25) is 5.56 Å². The fraction of sp³-hybridized carbons (Fsp3) is 0.154. The Labute approximate surface area is 120 Å². The molecular formula is C13H9F3N4O2. The Morgan fingerprint density at radius 1 is 1.23 bits per heavy atom. The summed E-state index contributed by atoms with van der Waals surface area (Å²) in [5.74, 6) is -1.07. The van der Waals surface area contributed by atoms with Crippen LogP contribution >= 0.6 is 0 Å². The van der Waals surface area contributed by atoms with Gasteiger partial charge in [0.15, 0.2) is 0 Å². The molecule has 0 bridgehead atoms. The van der Waals surface area contributed by atoms with Crippen molar-refractivity contribution in [3.8, 4) is 5.69 Å². The number of H-pyrrole nitrogens is 1. The normalized spacial score (nSPS) is 11.5. The molecule has 3 rings (SSSR count). The van der Waals surface area contributed by atoms with Crippen LogP contribution in [-0.4, -0.2) is 19.3 Å². The summed E-state index contributed by atoms with van der Waals surface area (Å²) in [6.07, 6.45) is 0. The third-order valence-corrected chi connectivity index (χ3v) is 3.20. The molecule has 0 atom stereocenters. The predicted molar refractivity (Wildman–Crippen MR) is 71.9 cm³/mol. The lowest BCUT2D eigenvalue weighted by atomic mass is 10.2. The summed E-state index contributed by atoms with van der Waals surface area (Å²) in [6.45, 7) is -1.87. The summed E-state index contributed by atoms with van der Waals surface area (Å²) < 4.78 is 40.4. The number of aromatic nitrogens is 4. The third-order valence-electron chi connectivity index (χ3n) is 3.20. The van der Waals surface area contributed by atoms with Crippen molar-refractivity contribution in [3.05, 3.63) is 56.7 Å². The van der Waals surface area contributed by atoms with Gasteiger partial charge in [-0.05, 0) is 25.1 Å². The summed E-state index contributed by atoms with van der Waals surface area (Å²) in [6, 6.07) is 4.90. The van der Waals surface area contributed by atoms with Gasteiger partial charge in [-0.25, -0.2) is 13.8 Å². The van der Waals surface area contributed by atoms with Gasteiger partial charge in [-0.15, -0.1) is 5.10 Å². The molecule has 0 aliphatic rings. The number of fused-ring (bicyclic) bond motifs is 1. The Balaban J connectivity index is 2.31. The van der Waals surface area contributed by atoms with E-state index in [0.29, 0.717) is 10.1 Å². The highest BCUT2D eigenvalue weighted by molar-refractivity contribution is 5.80. The molecule has 2 aromatic heterocycles. The van der Waals surface area contributed by atoms with Gasteiger partial charge in [-0.3, -0.25) is 4.79 Å². The Hall–Kier alpha value is -2.84. The first-order valence-electron chi connectivity index (χ1n) is 6.18. The summed E-state index contributed by atoms with van der Waals surface area (Å²) in [5, 5.41) is 4.05. The highest BCUT2D eigenvalue weighted by atomic mass is 19.3. The molecule has 1 aromatic carbocycles. The van der Waals surface area contributed by atoms with Crippen molar-refractivity contribution in [1.29, 1.82) is 0 Å². The van der Waals surface area contributed by atoms with Crippen molar-refractivity contribution in [1.82, 2.24) is 19.3 Å². The van der Waals surface area contributed by atoms with Crippen LogP contribution in [0.5, 0.6) is 0 Å². The Morgan fingerprint density at radius 2 is 1.95 bits per heavy atom. The van der Waals surface area contributed by atoms with Gasteiger partial charge in [0, 0.05) is 11.5 Å². The Kier molecular flexibility index (Phi) is 3.12. The topological polar surface area (TPSA) is 72.7 Å². The summed E-state index contributed by atoms with van der Waals surface area (Å²) in [7, 11) is 0. The number of nitrogens with one attached hydrogen (secondary N) is 1. The average Bonchev–Trinajstić information content (AvgIpc) is 2.73. The highest BCUT2D eigenvalue weighted by Crippen LogP contribution is 2.19. The van der Waals surface area contributed by atoms with Crippen LogP contribution in [0.1, 0.15) is 12.4 Å². The van der Waals surface area contributed by atoms with E-state index in [-0.39, 0.29) is 21.6 Å². The third kappa shape index (κ3) is 2.10. The van der Waals surface area contributed by atoms with Gasteiger partial charge in [0.25, 0.3) is 0 Å².